The van der Waals surface area contributed by atoms with E-state index in [0.29, 0.717) is 0 Å². The molecule has 0 saturated heterocycles. The monoisotopic (exact) mass is 309 g/mol. The molecule has 0 spiro atoms. The summed E-state index contributed by atoms with van der Waals surface area (Å²) in [5.41, 5.74) is 7.43. The second-order valence-electron chi connectivity index (χ2n) is 6.28. The maximum absolute atomic E-state index is 6.23. The largest absolute Gasteiger partial charge is 0.475 e. The molecule has 122 valence electrons. The van der Waals surface area contributed by atoms with Crippen LogP contribution in [0.15, 0.2) is 16.7 Å². The van der Waals surface area contributed by atoms with Crippen molar-refractivity contribution >= 4 is 14.9 Å². The third-order valence-corrected chi connectivity index (χ3v) is 5.39. The van der Waals surface area contributed by atoms with Gasteiger partial charge in [-0.05, 0) is 12.5 Å². The van der Waals surface area contributed by atoms with Gasteiger partial charge in [0.15, 0.2) is 0 Å². The highest BCUT2D eigenvalue weighted by Gasteiger charge is 2.08. The fraction of sp³-hybridized carbons (Fsp3) is 0.778. The number of rotatable bonds is 13. The van der Waals surface area contributed by atoms with Crippen LogP contribution in [0.3, 0.4) is 0 Å². The molecule has 1 aromatic rings. The average Bonchev–Trinajstić information content (AvgIpc) is 2.98. The lowest BCUT2D eigenvalue weighted by atomic mass is 10.0. The highest BCUT2D eigenvalue weighted by molar-refractivity contribution is 6.50. The molecule has 1 unspecified atom stereocenters. The fourth-order valence-corrected chi connectivity index (χ4v) is 3.49. The van der Waals surface area contributed by atoms with Crippen LogP contribution in [0.4, 0.5) is 0 Å². The van der Waals surface area contributed by atoms with Crippen molar-refractivity contribution in [1.29, 1.82) is 0 Å². The molecule has 0 amide bonds. The van der Waals surface area contributed by atoms with Crippen LogP contribution in [-0.2, 0) is 0 Å². The molecule has 0 aliphatic carbocycles. The second kappa shape index (κ2) is 12.0. The van der Waals surface area contributed by atoms with Crippen molar-refractivity contribution in [2.24, 2.45) is 5.73 Å². The highest BCUT2D eigenvalue weighted by Crippen LogP contribution is 2.18. The molecule has 0 aliphatic rings. The molecule has 1 aromatic heterocycles. The minimum absolute atomic E-state index is 0.178. The van der Waals surface area contributed by atoms with Crippen LogP contribution in [-0.4, -0.2) is 9.52 Å². The summed E-state index contributed by atoms with van der Waals surface area (Å²) < 4.78 is 5.52. The summed E-state index contributed by atoms with van der Waals surface area (Å²) in [7, 11) is -0.184. The Labute approximate surface area is 133 Å². The van der Waals surface area contributed by atoms with Gasteiger partial charge in [0.2, 0.25) is 0 Å². The van der Waals surface area contributed by atoms with Gasteiger partial charge in [-0.25, -0.2) is 0 Å². The molecule has 1 heterocycles. The Morgan fingerprint density at radius 1 is 1.00 bits per heavy atom. The molecule has 0 radical (unpaired) electrons. The van der Waals surface area contributed by atoms with E-state index in [1.54, 1.807) is 0 Å². The van der Waals surface area contributed by atoms with Crippen LogP contribution in [0, 0.1) is 0 Å². The maximum Gasteiger partial charge on any atom is 0.0972 e. The second-order valence-corrected chi connectivity index (χ2v) is 7.68. The van der Waals surface area contributed by atoms with Crippen molar-refractivity contribution in [2.75, 3.05) is 0 Å². The zero-order chi connectivity index (χ0) is 15.3. The minimum atomic E-state index is -0.184. The number of nitrogens with two attached hydrogens (primary N) is 1. The molecular formula is C18H35NOSi. The van der Waals surface area contributed by atoms with Gasteiger partial charge in [-0.15, -0.1) is 0 Å². The Morgan fingerprint density at radius 3 is 2.10 bits per heavy atom. The van der Waals surface area contributed by atoms with Gasteiger partial charge in [0.1, 0.15) is 0 Å². The van der Waals surface area contributed by atoms with Crippen LogP contribution in [0.5, 0.6) is 0 Å². The molecule has 21 heavy (non-hydrogen) atoms. The van der Waals surface area contributed by atoms with Crippen molar-refractivity contribution < 1.29 is 4.42 Å². The van der Waals surface area contributed by atoms with Gasteiger partial charge in [-0.2, -0.15) is 0 Å². The Kier molecular flexibility index (Phi) is 10.6. The van der Waals surface area contributed by atoms with Crippen molar-refractivity contribution in [1.82, 2.24) is 0 Å². The van der Waals surface area contributed by atoms with E-state index in [1.807, 2.05) is 6.26 Å². The first-order valence-corrected chi connectivity index (χ1v) is 11.2. The molecule has 3 heteroatoms. The van der Waals surface area contributed by atoms with Gasteiger partial charge < -0.3 is 10.2 Å². The maximum atomic E-state index is 6.23. The van der Waals surface area contributed by atoms with Gasteiger partial charge in [-0.1, -0.05) is 77.7 Å². The fourth-order valence-electron chi connectivity index (χ4n) is 2.80. The highest BCUT2D eigenvalue weighted by atomic mass is 28.2. The summed E-state index contributed by atoms with van der Waals surface area (Å²) in [6, 6.07) is 2.35. The lowest BCUT2D eigenvalue weighted by Gasteiger charge is -2.08. The molecule has 2 N–H and O–H groups in total. The Morgan fingerprint density at radius 2 is 1.57 bits per heavy atom. The van der Waals surface area contributed by atoms with Gasteiger partial charge in [0, 0.05) is 11.6 Å². The molecule has 1 atom stereocenters. The van der Waals surface area contributed by atoms with E-state index in [0.717, 1.165) is 6.42 Å². The van der Waals surface area contributed by atoms with Gasteiger partial charge in [-0.3, -0.25) is 0 Å². The van der Waals surface area contributed by atoms with Crippen molar-refractivity contribution in [3.8, 4) is 0 Å². The number of hydrogen-bond acceptors (Lipinski definition) is 2. The number of unbranched alkanes of at least 4 members (excludes halogenated alkanes) is 9. The lowest BCUT2D eigenvalue weighted by Crippen LogP contribution is -2.11. The molecule has 0 fully saturated rings. The van der Waals surface area contributed by atoms with E-state index >= 15 is 0 Å². The number of hydrogen-bond donors (Lipinski definition) is 1. The van der Waals surface area contributed by atoms with E-state index in [2.05, 4.69) is 19.5 Å². The SMILES string of the molecule is CCCCCCCCCCCCC(N)c1coc([SiH2]C)c1. The lowest BCUT2D eigenvalue weighted by molar-refractivity contribution is 0.524. The molecule has 1 rings (SSSR count). The molecular weight excluding hydrogens is 274 g/mol. The van der Waals surface area contributed by atoms with Crippen molar-refractivity contribution in [3.63, 3.8) is 0 Å². The molecule has 0 aliphatic heterocycles. The van der Waals surface area contributed by atoms with Crippen molar-refractivity contribution in [2.45, 2.75) is 90.1 Å². The first-order chi connectivity index (χ1) is 10.3. The normalized spacial score (nSPS) is 13.3. The van der Waals surface area contributed by atoms with E-state index < -0.39 is 0 Å². The molecule has 0 aromatic carbocycles. The summed E-state index contributed by atoms with van der Waals surface area (Å²) in [6.07, 6.45) is 16.8. The topological polar surface area (TPSA) is 39.2 Å². The Balaban J connectivity index is 1.94. The summed E-state index contributed by atoms with van der Waals surface area (Å²) in [5.74, 6) is 0. The summed E-state index contributed by atoms with van der Waals surface area (Å²) >= 11 is 0. The zero-order valence-corrected chi connectivity index (χ0v) is 15.6. The first-order valence-electron chi connectivity index (χ1n) is 9.10. The molecule has 2 nitrogen and oxygen atoms in total. The Bertz CT molecular complexity index is 351. The van der Waals surface area contributed by atoms with Gasteiger partial charge >= 0.3 is 0 Å². The summed E-state index contributed by atoms with van der Waals surface area (Å²) in [5, 5.41) is 1.18. The minimum Gasteiger partial charge on any atom is -0.475 e. The zero-order valence-electron chi connectivity index (χ0n) is 14.2. The van der Waals surface area contributed by atoms with Gasteiger partial charge in [0.05, 0.1) is 21.2 Å². The van der Waals surface area contributed by atoms with Crippen LogP contribution >= 0.6 is 0 Å². The summed E-state index contributed by atoms with van der Waals surface area (Å²) in [4.78, 5) is 0. The predicted octanol–water partition coefficient (Wildman–Crippen LogP) is 4.43. The van der Waals surface area contributed by atoms with Crippen molar-refractivity contribution in [3.05, 3.63) is 17.9 Å². The van der Waals surface area contributed by atoms with Crippen LogP contribution in [0.1, 0.15) is 89.2 Å². The Hall–Kier alpha value is -0.543. The van der Waals surface area contributed by atoms with Gasteiger partial charge in [0.25, 0.3) is 0 Å². The third kappa shape index (κ3) is 8.47. The van der Waals surface area contributed by atoms with E-state index in [-0.39, 0.29) is 15.6 Å². The quantitative estimate of drug-likeness (QED) is 0.432. The first kappa shape index (κ1) is 18.5. The average molecular weight is 310 g/mol. The van der Waals surface area contributed by atoms with Crippen LogP contribution in [0.2, 0.25) is 6.55 Å². The summed E-state index contributed by atoms with van der Waals surface area (Å²) in [6.45, 7) is 4.52. The number of furan rings is 1. The molecule has 0 bridgehead atoms. The van der Waals surface area contributed by atoms with E-state index in [1.165, 1.54) is 75.2 Å². The smallest absolute Gasteiger partial charge is 0.0972 e. The standard InChI is InChI=1S/C18H35NOSi/c1-3-4-5-6-7-8-9-10-11-12-13-17(19)16-14-18(21-2)20-15-16/h14-15,17H,3-13,19,21H2,1-2H3. The van der Waals surface area contributed by atoms with E-state index in [9.17, 15) is 0 Å². The van der Waals surface area contributed by atoms with E-state index in [4.69, 9.17) is 10.2 Å². The molecule has 0 saturated carbocycles. The van der Waals surface area contributed by atoms with Crippen LogP contribution < -0.4 is 11.1 Å². The third-order valence-electron chi connectivity index (χ3n) is 4.32. The van der Waals surface area contributed by atoms with Crippen LogP contribution in [0.25, 0.3) is 0 Å². The predicted molar refractivity (Wildman–Crippen MR) is 96.1 cm³/mol.